The van der Waals surface area contributed by atoms with Crippen molar-refractivity contribution in [2.24, 2.45) is 5.73 Å². The highest BCUT2D eigenvalue weighted by molar-refractivity contribution is 5.78. The van der Waals surface area contributed by atoms with E-state index in [4.69, 9.17) is 10.8 Å². The summed E-state index contributed by atoms with van der Waals surface area (Å²) in [6.45, 7) is 3.18. The molecule has 1 aliphatic rings. The van der Waals surface area contributed by atoms with E-state index in [9.17, 15) is 9.90 Å². The third-order valence-electron chi connectivity index (χ3n) is 3.01. The lowest BCUT2D eigenvalue weighted by Gasteiger charge is -2.29. The smallest absolute Gasteiger partial charge is 0.234 e. The summed E-state index contributed by atoms with van der Waals surface area (Å²) < 4.78 is 0. The summed E-state index contributed by atoms with van der Waals surface area (Å²) in [7, 11) is 0. The van der Waals surface area contributed by atoms with Crippen LogP contribution in [-0.2, 0) is 4.79 Å². The van der Waals surface area contributed by atoms with E-state index in [1.807, 2.05) is 4.90 Å². The van der Waals surface area contributed by atoms with Gasteiger partial charge in [0.15, 0.2) is 0 Å². The number of hydrogen-bond donors (Lipinski definition) is 4. The first-order valence-corrected chi connectivity index (χ1v) is 6.01. The van der Waals surface area contributed by atoms with Crippen LogP contribution in [0.4, 0.5) is 0 Å². The molecule has 17 heavy (non-hydrogen) atoms. The number of likely N-dealkylation sites (tertiary alicyclic amines) is 1. The van der Waals surface area contributed by atoms with Crippen molar-refractivity contribution in [3.8, 4) is 0 Å². The van der Waals surface area contributed by atoms with Gasteiger partial charge in [-0.15, -0.1) is 0 Å². The number of carbonyl (C=O) groups excluding carboxylic acids is 1. The first-order chi connectivity index (χ1) is 7.93. The van der Waals surface area contributed by atoms with Crippen LogP contribution in [0.1, 0.15) is 19.8 Å². The summed E-state index contributed by atoms with van der Waals surface area (Å²) in [5, 5.41) is 21.0. The molecule has 0 bridgehead atoms. The number of nitrogens with zero attached hydrogens (tertiary/aromatic N) is 1. The van der Waals surface area contributed by atoms with Crippen molar-refractivity contribution < 1.29 is 15.0 Å². The Morgan fingerprint density at radius 1 is 1.53 bits per heavy atom. The van der Waals surface area contributed by atoms with Crippen LogP contribution in [-0.4, -0.2) is 65.4 Å². The predicted octanol–water partition coefficient (Wildman–Crippen LogP) is -1.73. The molecule has 1 rings (SSSR count). The maximum Gasteiger partial charge on any atom is 0.234 e. The number of carbonyl (C=O) groups is 1. The molecule has 0 aliphatic carbocycles. The Bertz CT molecular complexity index is 250. The molecule has 1 unspecified atom stereocenters. The quantitative estimate of drug-likeness (QED) is 0.461. The van der Waals surface area contributed by atoms with Gasteiger partial charge in [0, 0.05) is 25.7 Å². The predicted molar refractivity (Wildman–Crippen MR) is 64.4 cm³/mol. The van der Waals surface area contributed by atoms with Gasteiger partial charge in [-0.2, -0.15) is 0 Å². The summed E-state index contributed by atoms with van der Waals surface area (Å²) >= 11 is 0. The van der Waals surface area contributed by atoms with E-state index in [0.717, 1.165) is 25.9 Å². The lowest BCUT2D eigenvalue weighted by Crippen LogP contribution is -2.48. The van der Waals surface area contributed by atoms with Gasteiger partial charge in [0.05, 0.1) is 13.2 Å². The highest BCUT2D eigenvalue weighted by atomic mass is 16.3. The van der Waals surface area contributed by atoms with Gasteiger partial charge in [0.2, 0.25) is 5.91 Å². The van der Waals surface area contributed by atoms with Crippen molar-refractivity contribution in [3.05, 3.63) is 0 Å². The minimum absolute atomic E-state index is 0.0652. The van der Waals surface area contributed by atoms with E-state index < -0.39 is 5.60 Å². The highest BCUT2D eigenvalue weighted by Crippen LogP contribution is 2.07. The molecule has 0 radical (unpaired) electrons. The van der Waals surface area contributed by atoms with E-state index in [-0.39, 0.29) is 25.1 Å². The van der Waals surface area contributed by atoms with Crippen LogP contribution in [0.5, 0.6) is 0 Å². The molecule has 0 aromatic heterocycles. The Labute approximate surface area is 102 Å². The van der Waals surface area contributed by atoms with Crippen molar-refractivity contribution >= 4 is 5.91 Å². The Morgan fingerprint density at radius 2 is 2.12 bits per heavy atom. The first kappa shape index (κ1) is 14.4. The monoisotopic (exact) mass is 245 g/mol. The SMILES string of the molecule is CC(O)(CO)CNC(=O)CN1CCC(N)CC1. The molecule has 1 fully saturated rings. The summed E-state index contributed by atoms with van der Waals surface area (Å²) in [6.07, 6.45) is 1.84. The zero-order valence-electron chi connectivity index (χ0n) is 10.4. The molecule has 5 N–H and O–H groups in total. The summed E-state index contributed by atoms with van der Waals surface area (Å²) in [6, 6.07) is 0.254. The Morgan fingerprint density at radius 3 is 2.65 bits per heavy atom. The van der Waals surface area contributed by atoms with Crippen LogP contribution < -0.4 is 11.1 Å². The van der Waals surface area contributed by atoms with E-state index in [2.05, 4.69) is 5.32 Å². The third-order valence-corrected chi connectivity index (χ3v) is 3.01. The molecule has 1 aliphatic heterocycles. The average Bonchev–Trinajstić information content (AvgIpc) is 2.30. The zero-order valence-corrected chi connectivity index (χ0v) is 10.4. The fraction of sp³-hybridized carbons (Fsp3) is 0.909. The van der Waals surface area contributed by atoms with Gasteiger partial charge < -0.3 is 21.3 Å². The number of aliphatic hydroxyl groups is 2. The molecule has 0 spiro atoms. The minimum Gasteiger partial charge on any atom is -0.393 e. The largest absolute Gasteiger partial charge is 0.393 e. The van der Waals surface area contributed by atoms with Crippen molar-refractivity contribution in [3.63, 3.8) is 0 Å². The average molecular weight is 245 g/mol. The molecule has 1 heterocycles. The van der Waals surface area contributed by atoms with Crippen LogP contribution in [0.25, 0.3) is 0 Å². The summed E-state index contributed by atoms with van der Waals surface area (Å²) in [5.74, 6) is -0.130. The van der Waals surface area contributed by atoms with Gasteiger partial charge in [0.1, 0.15) is 5.60 Å². The lowest BCUT2D eigenvalue weighted by molar-refractivity contribution is -0.124. The second kappa shape index (κ2) is 6.30. The normalized spacial score (nSPS) is 22.1. The van der Waals surface area contributed by atoms with Gasteiger partial charge in [0.25, 0.3) is 0 Å². The molecular formula is C11H23N3O3. The van der Waals surface area contributed by atoms with Crippen LogP contribution in [0.2, 0.25) is 0 Å². The van der Waals surface area contributed by atoms with Gasteiger partial charge in [-0.1, -0.05) is 0 Å². The third kappa shape index (κ3) is 5.45. The number of piperidine rings is 1. The molecule has 6 nitrogen and oxygen atoms in total. The molecule has 100 valence electrons. The molecule has 1 atom stereocenters. The Kier molecular flexibility index (Phi) is 5.32. The van der Waals surface area contributed by atoms with Crippen molar-refractivity contribution in [1.82, 2.24) is 10.2 Å². The standard InChI is InChI=1S/C11H23N3O3/c1-11(17,8-15)7-13-10(16)6-14-4-2-9(12)3-5-14/h9,15,17H,2-8,12H2,1H3,(H,13,16). The number of nitrogens with one attached hydrogen (secondary N) is 1. The molecule has 6 heteroatoms. The second-order valence-electron chi connectivity index (χ2n) is 5.05. The van der Waals surface area contributed by atoms with Crippen LogP contribution >= 0.6 is 0 Å². The van der Waals surface area contributed by atoms with Gasteiger partial charge >= 0.3 is 0 Å². The van der Waals surface area contributed by atoms with Crippen LogP contribution in [0.3, 0.4) is 0 Å². The zero-order chi connectivity index (χ0) is 12.9. The Balaban J connectivity index is 2.21. The fourth-order valence-electron chi connectivity index (χ4n) is 1.71. The number of amides is 1. The van der Waals surface area contributed by atoms with Crippen molar-refractivity contribution in [1.29, 1.82) is 0 Å². The molecule has 0 aromatic rings. The maximum absolute atomic E-state index is 11.6. The first-order valence-electron chi connectivity index (χ1n) is 6.01. The van der Waals surface area contributed by atoms with Crippen LogP contribution in [0.15, 0.2) is 0 Å². The number of nitrogens with two attached hydrogens (primary N) is 1. The van der Waals surface area contributed by atoms with Crippen molar-refractivity contribution in [2.75, 3.05) is 32.8 Å². The maximum atomic E-state index is 11.6. The second-order valence-corrected chi connectivity index (χ2v) is 5.05. The molecule has 1 saturated heterocycles. The molecule has 0 saturated carbocycles. The van der Waals surface area contributed by atoms with E-state index in [0.29, 0.717) is 6.54 Å². The number of rotatable bonds is 5. The molecule has 1 amide bonds. The molecule has 0 aromatic carbocycles. The van der Waals surface area contributed by atoms with Gasteiger partial charge in [-0.25, -0.2) is 0 Å². The van der Waals surface area contributed by atoms with E-state index in [1.54, 1.807) is 0 Å². The lowest BCUT2D eigenvalue weighted by atomic mass is 10.1. The minimum atomic E-state index is -1.25. The van der Waals surface area contributed by atoms with Gasteiger partial charge in [-0.3, -0.25) is 9.69 Å². The number of aliphatic hydroxyl groups excluding tert-OH is 1. The number of hydrogen-bond acceptors (Lipinski definition) is 5. The van der Waals surface area contributed by atoms with Crippen molar-refractivity contribution in [2.45, 2.75) is 31.4 Å². The van der Waals surface area contributed by atoms with E-state index in [1.165, 1.54) is 6.92 Å². The van der Waals surface area contributed by atoms with Crippen LogP contribution in [0, 0.1) is 0 Å². The van der Waals surface area contributed by atoms with E-state index >= 15 is 0 Å². The Hall–Kier alpha value is -0.690. The fourth-order valence-corrected chi connectivity index (χ4v) is 1.71. The summed E-state index contributed by atoms with van der Waals surface area (Å²) in [4.78, 5) is 13.6. The highest BCUT2D eigenvalue weighted by Gasteiger charge is 2.22. The van der Waals surface area contributed by atoms with Gasteiger partial charge in [-0.05, 0) is 19.8 Å². The molecular weight excluding hydrogens is 222 g/mol. The topological polar surface area (TPSA) is 98.8 Å². The summed E-state index contributed by atoms with van der Waals surface area (Å²) in [5.41, 5.74) is 4.52.